The molecule has 2 aliphatic rings. The van der Waals surface area contributed by atoms with Crippen molar-refractivity contribution in [2.75, 3.05) is 6.54 Å². The summed E-state index contributed by atoms with van der Waals surface area (Å²) in [5, 5.41) is 0. The summed E-state index contributed by atoms with van der Waals surface area (Å²) in [6.45, 7) is 3.24. The molecule has 0 aromatic heterocycles. The zero-order valence-electron chi connectivity index (χ0n) is 8.18. The van der Waals surface area contributed by atoms with E-state index in [9.17, 15) is 0 Å². The van der Waals surface area contributed by atoms with Crippen molar-refractivity contribution in [2.45, 2.75) is 45.4 Å². The first kappa shape index (κ1) is 8.55. The molecule has 2 fully saturated rings. The zero-order valence-corrected chi connectivity index (χ0v) is 8.18. The van der Waals surface area contributed by atoms with Gasteiger partial charge >= 0.3 is 0 Å². The molecule has 0 spiro atoms. The van der Waals surface area contributed by atoms with Crippen molar-refractivity contribution in [2.24, 2.45) is 23.0 Å². The molecule has 2 aliphatic carbocycles. The number of hydrogen-bond donors (Lipinski definition) is 1. The summed E-state index contributed by atoms with van der Waals surface area (Å²) in [4.78, 5) is 0. The van der Waals surface area contributed by atoms with Crippen LogP contribution >= 0.6 is 0 Å². The number of hydrogen-bond acceptors (Lipinski definition) is 1. The van der Waals surface area contributed by atoms with Crippen LogP contribution in [-0.2, 0) is 0 Å². The molecule has 0 aromatic rings. The first-order valence-electron chi connectivity index (χ1n) is 5.50. The fourth-order valence-corrected chi connectivity index (χ4v) is 3.45. The van der Waals surface area contributed by atoms with Crippen molar-refractivity contribution >= 4 is 0 Å². The van der Waals surface area contributed by atoms with Crippen LogP contribution in [0.5, 0.6) is 0 Å². The Hall–Kier alpha value is -0.0400. The van der Waals surface area contributed by atoms with Crippen LogP contribution in [-0.4, -0.2) is 6.54 Å². The van der Waals surface area contributed by atoms with Gasteiger partial charge in [0.05, 0.1) is 0 Å². The lowest BCUT2D eigenvalue weighted by Crippen LogP contribution is -2.27. The van der Waals surface area contributed by atoms with Gasteiger partial charge in [0.25, 0.3) is 0 Å². The monoisotopic (exact) mass is 167 g/mol. The Morgan fingerprint density at radius 1 is 1.25 bits per heavy atom. The van der Waals surface area contributed by atoms with Crippen molar-refractivity contribution < 1.29 is 0 Å². The van der Waals surface area contributed by atoms with Crippen LogP contribution in [0.3, 0.4) is 0 Å². The third kappa shape index (κ3) is 1.19. The van der Waals surface area contributed by atoms with Crippen molar-refractivity contribution in [3.63, 3.8) is 0 Å². The third-order valence-corrected chi connectivity index (χ3v) is 4.39. The molecule has 0 aromatic carbocycles. The summed E-state index contributed by atoms with van der Waals surface area (Å²) in [6.07, 6.45) is 8.64. The Kier molecular flexibility index (Phi) is 2.16. The fourth-order valence-electron chi connectivity index (χ4n) is 3.45. The van der Waals surface area contributed by atoms with Crippen molar-refractivity contribution in [3.8, 4) is 0 Å². The number of fused-ring (bicyclic) bond motifs is 1. The Balaban J connectivity index is 2.05. The highest BCUT2D eigenvalue weighted by molar-refractivity contribution is 4.96. The van der Waals surface area contributed by atoms with E-state index in [-0.39, 0.29) is 0 Å². The van der Waals surface area contributed by atoms with Gasteiger partial charge in [0, 0.05) is 0 Å². The summed E-state index contributed by atoms with van der Waals surface area (Å²) in [6, 6.07) is 0. The van der Waals surface area contributed by atoms with Crippen LogP contribution < -0.4 is 5.73 Å². The van der Waals surface area contributed by atoms with E-state index in [1.54, 1.807) is 0 Å². The van der Waals surface area contributed by atoms with E-state index >= 15 is 0 Å². The van der Waals surface area contributed by atoms with Crippen LogP contribution in [0.1, 0.15) is 45.4 Å². The molecule has 0 heterocycles. The van der Waals surface area contributed by atoms with Crippen molar-refractivity contribution in [1.82, 2.24) is 0 Å². The fraction of sp³-hybridized carbons (Fsp3) is 1.00. The maximum atomic E-state index is 5.88. The normalized spacial score (nSPS) is 46.5. The van der Waals surface area contributed by atoms with Gasteiger partial charge in [-0.2, -0.15) is 0 Å². The highest BCUT2D eigenvalue weighted by atomic mass is 14.6. The van der Waals surface area contributed by atoms with E-state index in [2.05, 4.69) is 6.92 Å². The maximum Gasteiger partial charge on any atom is -0.00204 e. The van der Waals surface area contributed by atoms with Crippen LogP contribution in [0.25, 0.3) is 0 Å². The summed E-state index contributed by atoms with van der Waals surface area (Å²) in [7, 11) is 0. The van der Waals surface area contributed by atoms with Gasteiger partial charge < -0.3 is 5.73 Å². The molecule has 1 unspecified atom stereocenters. The van der Waals surface area contributed by atoms with E-state index < -0.39 is 0 Å². The predicted octanol–water partition coefficient (Wildman–Crippen LogP) is 2.55. The second-order valence-electron chi connectivity index (χ2n) is 4.92. The average Bonchev–Trinajstić information content (AvgIpc) is 2.61. The molecule has 3 atom stereocenters. The average molecular weight is 167 g/mol. The third-order valence-electron chi connectivity index (χ3n) is 4.39. The van der Waals surface area contributed by atoms with Gasteiger partial charge in [0.15, 0.2) is 0 Å². The highest BCUT2D eigenvalue weighted by Gasteiger charge is 2.44. The van der Waals surface area contributed by atoms with Crippen LogP contribution in [0.2, 0.25) is 0 Å². The molecule has 1 heteroatoms. The summed E-state index contributed by atoms with van der Waals surface area (Å²) in [5.74, 6) is 2.10. The minimum Gasteiger partial charge on any atom is -0.330 e. The quantitative estimate of drug-likeness (QED) is 0.672. The van der Waals surface area contributed by atoms with E-state index in [1.807, 2.05) is 0 Å². The molecule has 12 heavy (non-hydrogen) atoms. The molecule has 0 saturated heterocycles. The van der Waals surface area contributed by atoms with Gasteiger partial charge in [-0.1, -0.05) is 26.2 Å². The molecule has 0 bridgehead atoms. The standard InChI is InChI=1S/C11H21N/c1-2-11(8-12)6-9-4-3-5-10(9)7-11/h9-10H,2-8,12H2,1H3/t9-,10+,11?. The largest absolute Gasteiger partial charge is 0.330 e. The van der Waals surface area contributed by atoms with E-state index in [0.717, 1.165) is 18.4 Å². The lowest BCUT2D eigenvalue weighted by atomic mass is 9.81. The molecule has 2 N–H and O–H groups in total. The Bertz CT molecular complexity index is 146. The van der Waals surface area contributed by atoms with E-state index in [1.165, 1.54) is 38.5 Å². The second-order valence-corrected chi connectivity index (χ2v) is 4.92. The summed E-state index contributed by atoms with van der Waals surface area (Å²) in [5.41, 5.74) is 6.43. The topological polar surface area (TPSA) is 26.0 Å². The van der Waals surface area contributed by atoms with E-state index in [0.29, 0.717) is 5.41 Å². The summed E-state index contributed by atoms with van der Waals surface area (Å²) >= 11 is 0. The smallest absolute Gasteiger partial charge is 0.00204 e. The SMILES string of the molecule is CCC1(CN)C[C@H]2CCC[C@H]2C1. The molecule has 70 valence electrons. The Labute approximate surface area is 75.7 Å². The van der Waals surface area contributed by atoms with Crippen LogP contribution in [0, 0.1) is 17.3 Å². The van der Waals surface area contributed by atoms with Gasteiger partial charge in [0.2, 0.25) is 0 Å². The minimum absolute atomic E-state index is 0.551. The van der Waals surface area contributed by atoms with Gasteiger partial charge in [0.1, 0.15) is 0 Å². The lowest BCUT2D eigenvalue weighted by molar-refractivity contribution is 0.271. The summed E-state index contributed by atoms with van der Waals surface area (Å²) < 4.78 is 0. The number of nitrogens with two attached hydrogens (primary N) is 1. The molecular formula is C11H21N. The highest BCUT2D eigenvalue weighted by Crippen LogP contribution is 2.53. The molecule has 2 rings (SSSR count). The first-order valence-corrected chi connectivity index (χ1v) is 5.50. The van der Waals surface area contributed by atoms with Crippen LogP contribution in [0.15, 0.2) is 0 Å². The van der Waals surface area contributed by atoms with Crippen molar-refractivity contribution in [1.29, 1.82) is 0 Å². The molecule has 2 saturated carbocycles. The van der Waals surface area contributed by atoms with E-state index in [4.69, 9.17) is 5.73 Å². The van der Waals surface area contributed by atoms with Crippen molar-refractivity contribution in [3.05, 3.63) is 0 Å². The predicted molar refractivity (Wildman–Crippen MR) is 51.8 cm³/mol. The zero-order chi connectivity index (χ0) is 8.60. The molecule has 0 amide bonds. The molecule has 0 radical (unpaired) electrons. The van der Waals surface area contributed by atoms with Gasteiger partial charge in [-0.15, -0.1) is 0 Å². The maximum absolute atomic E-state index is 5.88. The number of rotatable bonds is 2. The Morgan fingerprint density at radius 2 is 1.83 bits per heavy atom. The Morgan fingerprint density at radius 3 is 2.25 bits per heavy atom. The molecular weight excluding hydrogens is 146 g/mol. The lowest BCUT2D eigenvalue weighted by Gasteiger charge is -2.26. The molecule has 0 aliphatic heterocycles. The van der Waals surface area contributed by atoms with Gasteiger partial charge in [-0.25, -0.2) is 0 Å². The van der Waals surface area contributed by atoms with Crippen LogP contribution in [0.4, 0.5) is 0 Å². The van der Waals surface area contributed by atoms with Gasteiger partial charge in [-0.05, 0) is 43.1 Å². The minimum atomic E-state index is 0.551. The molecule has 1 nitrogen and oxygen atoms in total. The first-order chi connectivity index (χ1) is 5.79. The van der Waals surface area contributed by atoms with Gasteiger partial charge in [-0.3, -0.25) is 0 Å². The second kappa shape index (κ2) is 3.02.